The Bertz CT molecular complexity index is 369. The quantitative estimate of drug-likeness (QED) is 0.569. The molecule has 0 aliphatic carbocycles. The average Bonchev–Trinajstić information content (AvgIpc) is 2.41. The van der Waals surface area contributed by atoms with Gasteiger partial charge in [-0.2, -0.15) is 0 Å². The third-order valence-corrected chi connectivity index (χ3v) is 3.36. The van der Waals surface area contributed by atoms with Crippen LogP contribution in [0.5, 0.6) is 0 Å². The molecule has 2 rings (SSSR count). The van der Waals surface area contributed by atoms with Gasteiger partial charge in [-0.05, 0) is 24.9 Å². The second-order valence-corrected chi connectivity index (χ2v) is 4.47. The summed E-state index contributed by atoms with van der Waals surface area (Å²) in [7, 11) is 1.46. The van der Waals surface area contributed by atoms with Crippen molar-refractivity contribution in [2.75, 3.05) is 13.7 Å². The number of piperidine rings is 1. The minimum atomic E-state index is -0.179. The molecular weight excluding hydrogens is 237 g/mol. The van der Waals surface area contributed by atoms with E-state index in [2.05, 4.69) is 5.32 Å². The summed E-state index contributed by atoms with van der Waals surface area (Å²) in [6, 6.07) is 10.1. The second kappa shape index (κ2) is 7.95. The summed E-state index contributed by atoms with van der Waals surface area (Å²) in [5, 5.41) is 3.43. The van der Waals surface area contributed by atoms with E-state index in [0.29, 0.717) is 0 Å². The average molecular weight is 257 g/mol. The monoisotopic (exact) mass is 257 g/mol. The number of hydrogen-bond acceptors (Lipinski definition) is 3. The van der Waals surface area contributed by atoms with Crippen LogP contribution in [0.15, 0.2) is 30.3 Å². The summed E-state index contributed by atoms with van der Waals surface area (Å²) in [5.41, 5.74) is 1.04. The molecule has 0 radical (unpaired) electrons. The molecule has 0 saturated carbocycles. The van der Waals surface area contributed by atoms with Gasteiger partial charge in [-0.25, -0.2) is 0 Å². The first-order chi connectivity index (χ1) is 8.33. The van der Waals surface area contributed by atoms with Crippen LogP contribution in [-0.2, 0) is 9.53 Å². The van der Waals surface area contributed by atoms with E-state index in [1.165, 1.54) is 20.0 Å². The number of carbonyl (C=O) groups is 1. The van der Waals surface area contributed by atoms with Crippen molar-refractivity contribution in [1.29, 1.82) is 0 Å². The molecule has 0 amide bonds. The molecule has 94 valence electrons. The van der Waals surface area contributed by atoms with E-state index >= 15 is 0 Å². The van der Waals surface area contributed by atoms with Gasteiger partial charge < -0.3 is 11.5 Å². The number of hydrogen-bond donors (Lipinski definition) is 1. The van der Waals surface area contributed by atoms with Gasteiger partial charge in [0, 0.05) is 6.04 Å². The molecule has 3 nitrogen and oxygen atoms in total. The van der Waals surface area contributed by atoms with Gasteiger partial charge in [0.1, 0.15) is 0 Å². The third kappa shape index (κ3) is 3.82. The molecule has 1 heterocycles. The van der Waals surface area contributed by atoms with E-state index in [1.807, 2.05) is 30.3 Å². The van der Waals surface area contributed by atoms with E-state index in [-0.39, 0.29) is 48.9 Å². The van der Waals surface area contributed by atoms with Crippen LogP contribution in [0.3, 0.4) is 0 Å². The Morgan fingerprint density at radius 3 is 2.67 bits per heavy atom. The van der Waals surface area contributed by atoms with Gasteiger partial charge >= 0.3 is 35.5 Å². The fraction of sp³-hybridized carbons (Fsp3) is 0.500. The van der Waals surface area contributed by atoms with E-state index in [0.717, 1.165) is 18.5 Å². The standard InChI is InChI=1S/C14H19NO2.Na.H/c1-17-14(16)13(11-7-3-2-4-8-11)12-9-5-6-10-15-12;;/h2-4,7-8,12-13,15H,5-6,9-10H2,1H3;;/q;+1;-1. The molecular formula is C14H20NNaO2. The molecule has 1 N–H and O–H groups in total. The molecule has 4 heteroatoms. The van der Waals surface area contributed by atoms with Crippen LogP contribution in [0.25, 0.3) is 0 Å². The van der Waals surface area contributed by atoms with E-state index in [9.17, 15) is 4.79 Å². The molecule has 0 spiro atoms. The van der Waals surface area contributed by atoms with Gasteiger partial charge in [0.2, 0.25) is 0 Å². The molecule has 1 aromatic rings. The number of nitrogens with one attached hydrogen (secondary N) is 1. The van der Waals surface area contributed by atoms with Crippen molar-refractivity contribution in [3.8, 4) is 0 Å². The van der Waals surface area contributed by atoms with Gasteiger partial charge in [-0.15, -0.1) is 0 Å². The van der Waals surface area contributed by atoms with Crippen LogP contribution < -0.4 is 34.9 Å². The van der Waals surface area contributed by atoms with Crippen molar-refractivity contribution >= 4 is 5.97 Å². The van der Waals surface area contributed by atoms with Crippen LogP contribution in [0, 0.1) is 0 Å². The molecule has 1 fully saturated rings. The fourth-order valence-electron chi connectivity index (χ4n) is 2.48. The first kappa shape index (κ1) is 15.7. The normalized spacial score (nSPS) is 20.6. The van der Waals surface area contributed by atoms with Crippen LogP contribution in [0.4, 0.5) is 0 Å². The summed E-state index contributed by atoms with van der Waals surface area (Å²) >= 11 is 0. The predicted molar refractivity (Wildman–Crippen MR) is 68.0 cm³/mol. The Labute approximate surface area is 132 Å². The summed E-state index contributed by atoms with van der Waals surface area (Å²) in [5.74, 6) is -0.322. The molecule has 1 aliphatic rings. The minimum absolute atomic E-state index is 0. The summed E-state index contributed by atoms with van der Waals surface area (Å²) < 4.78 is 4.94. The number of ether oxygens (including phenoxy) is 1. The van der Waals surface area contributed by atoms with Crippen molar-refractivity contribution in [2.24, 2.45) is 0 Å². The zero-order chi connectivity index (χ0) is 12.1. The Morgan fingerprint density at radius 1 is 1.39 bits per heavy atom. The number of methoxy groups -OCH3 is 1. The second-order valence-electron chi connectivity index (χ2n) is 4.47. The van der Waals surface area contributed by atoms with Crippen LogP contribution >= 0.6 is 0 Å². The molecule has 2 unspecified atom stereocenters. The molecule has 1 saturated heterocycles. The number of benzene rings is 1. The van der Waals surface area contributed by atoms with E-state index < -0.39 is 0 Å². The largest absolute Gasteiger partial charge is 1.00 e. The molecule has 0 bridgehead atoms. The van der Waals surface area contributed by atoms with E-state index in [1.54, 1.807) is 0 Å². The van der Waals surface area contributed by atoms with Crippen molar-refractivity contribution in [3.63, 3.8) is 0 Å². The molecule has 18 heavy (non-hydrogen) atoms. The topological polar surface area (TPSA) is 38.3 Å². The van der Waals surface area contributed by atoms with Crippen LogP contribution in [-0.4, -0.2) is 25.7 Å². The van der Waals surface area contributed by atoms with Gasteiger partial charge in [0.15, 0.2) is 0 Å². The first-order valence-corrected chi connectivity index (χ1v) is 6.19. The maximum Gasteiger partial charge on any atom is 1.00 e. The van der Waals surface area contributed by atoms with Crippen molar-refractivity contribution in [1.82, 2.24) is 5.32 Å². The number of rotatable bonds is 3. The van der Waals surface area contributed by atoms with Crippen molar-refractivity contribution in [3.05, 3.63) is 35.9 Å². The maximum atomic E-state index is 11.9. The number of esters is 1. The van der Waals surface area contributed by atoms with Gasteiger partial charge in [-0.3, -0.25) is 4.79 Å². The molecule has 1 aromatic carbocycles. The van der Waals surface area contributed by atoms with Crippen molar-refractivity contribution < 1.29 is 40.5 Å². The minimum Gasteiger partial charge on any atom is -1.00 e. The summed E-state index contributed by atoms with van der Waals surface area (Å²) in [6.07, 6.45) is 3.41. The Kier molecular flexibility index (Phi) is 6.94. The summed E-state index contributed by atoms with van der Waals surface area (Å²) in [4.78, 5) is 11.9. The van der Waals surface area contributed by atoms with Gasteiger partial charge in [-0.1, -0.05) is 36.8 Å². The predicted octanol–water partition coefficient (Wildman–Crippen LogP) is -0.798. The first-order valence-electron chi connectivity index (χ1n) is 6.19. The Hall–Kier alpha value is -0.350. The van der Waals surface area contributed by atoms with Gasteiger partial charge in [0.25, 0.3) is 0 Å². The molecule has 0 aromatic heterocycles. The Balaban J connectivity index is 0.00000162. The maximum absolute atomic E-state index is 11.9. The smallest absolute Gasteiger partial charge is 1.00 e. The van der Waals surface area contributed by atoms with Crippen LogP contribution in [0.1, 0.15) is 32.2 Å². The fourth-order valence-corrected chi connectivity index (χ4v) is 2.48. The zero-order valence-electron chi connectivity index (χ0n) is 12.2. The van der Waals surface area contributed by atoms with Crippen LogP contribution in [0.2, 0.25) is 0 Å². The third-order valence-electron chi connectivity index (χ3n) is 3.36. The number of carbonyl (C=O) groups excluding carboxylic acids is 1. The van der Waals surface area contributed by atoms with Gasteiger partial charge in [0.05, 0.1) is 13.0 Å². The zero-order valence-corrected chi connectivity index (χ0v) is 13.2. The molecule has 2 atom stereocenters. The summed E-state index contributed by atoms with van der Waals surface area (Å²) in [6.45, 7) is 0.991. The Morgan fingerprint density at radius 2 is 2.11 bits per heavy atom. The van der Waals surface area contributed by atoms with Crippen molar-refractivity contribution in [2.45, 2.75) is 31.2 Å². The van der Waals surface area contributed by atoms with E-state index in [4.69, 9.17) is 4.74 Å². The SMILES string of the molecule is COC(=O)C(c1ccccc1)C1CCCCN1.[H-].[Na+]. The molecule has 1 aliphatic heterocycles.